The van der Waals surface area contributed by atoms with E-state index in [0.29, 0.717) is 18.1 Å². The maximum absolute atomic E-state index is 11.9. The predicted molar refractivity (Wildman–Crippen MR) is 73.3 cm³/mol. The van der Waals surface area contributed by atoms with Gasteiger partial charge in [0.2, 0.25) is 0 Å². The predicted octanol–water partition coefficient (Wildman–Crippen LogP) is 2.51. The van der Waals surface area contributed by atoms with E-state index in [4.69, 9.17) is 9.47 Å². The monoisotopic (exact) mass is 287 g/mol. The molecule has 0 atom stereocenters. The van der Waals surface area contributed by atoms with Crippen LogP contribution in [0.25, 0.3) is 0 Å². The zero-order valence-corrected chi connectivity index (χ0v) is 12.2. The Bertz CT molecular complexity index is 415. The van der Waals surface area contributed by atoms with E-state index in [1.54, 1.807) is 7.11 Å². The molecule has 18 heavy (non-hydrogen) atoms. The Labute approximate surface area is 115 Å². The van der Waals surface area contributed by atoms with Gasteiger partial charge in [0, 0.05) is 7.11 Å². The summed E-state index contributed by atoms with van der Waals surface area (Å²) in [6, 6.07) is 0. The fourth-order valence-electron chi connectivity index (χ4n) is 1.66. The molecule has 1 aliphatic rings. The molecule has 0 saturated carbocycles. The van der Waals surface area contributed by atoms with Crippen LogP contribution in [0, 0.1) is 12.8 Å². The molecule has 0 unspecified atom stereocenters. The fraction of sp³-hybridized carbons (Fsp3) is 0.667. The van der Waals surface area contributed by atoms with Crippen LogP contribution in [0.3, 0.4) is 0 Å². The van der Waals surface area contributed by atoms with Crippen LogP contribution in [0.1, 0.15) is 26.8 Å². The molecule has 0 radical (unpaired) electrons. The van der Waals surface area contributed by atoms with Crippen molar-refractivity contribution in [3.63, 3.8) is 0 Å². The molecule has 2 heterocycles. The third-order valence-electron chi connectivity index (χ3n) is 2.76. The fourth-order valence-corrected chi connectivity index (χ4v) is 3.49. The molecule has 6 heteroatoms. The average molecular weight is 287 g/mol. The number of hydrogen-bond donors (Lipinski definition) is 0. The average Bonchev–Trinajstić information content (AvgIpc) is 2.63. The van der Waals surface area contributed by atoms with Crippen molar-refractivity contribution in [3.8, 4) is 0 Å². The number of aromatic nitrogens is 1. The molecular formula is C12H17NO3S2. The van der Waals surface area contributed by atoms with Crippen LogP contribution < -0.4 is 0 Å². The van der Waals surface area contributed by atoms with Crippen molar-refractivity contribution in [2.75, 3.05) is 25.2 Å². The second-order valence-electron chi connectivity index (χ2n) is 4.28. The van der Waals surface area contributed by atoms with Crippen molar-refractivity contribution in [1.29, 1.82) is 0 Å². The molecule has 4 nitrogen and oxygen atoms in total. The van der Waals surface area contributed by atoms with Crippen LogP contribution in [0.15, 0.2) is 0 Å². The molecule has 2 rings (SSSR count). The molecule has 0 spiro atoms. The summed E-state index contributed by atoms with van der Waals surface area (Å²) in [7, 11) is 1.62. The topological polar surface area (TPSA) is 48.4 Å². The number of hydrogen-bond acceptors (Lipinski definition) is 6. The zero-order valence-electron chi connectivity index (χ0n) is 10.6. The number of nitrogens with zero attached hydrogens (tertiary/aromatic N) is 1. The van der Waals surface area contributed by atoms with E-state index in [1.165, 1.54) is 22.8 Å². The van der Waals surface area contributed by atoms with Gasteiger partial charge in [0.05, 0.1) is 18.9 Å². The normalized spacial score (nSPS) is 15.4. The summed E-state index contributed by atoms with van der Waals surface area (Å²) in [5, 5.41) is 0.817. The second kappa shape index (κ2) is 6.54. The summed E-state index contributed by atoms with van der Waals surface area (Å²) >= 11 is 3.31. The molecule has 1 fully saturated rings. The lowest BCUT2D eigenvalue weighted by Gasteiger charge is -2.24. The standard InChI is InChI=1S/C12H17NO3S2/c1-8-11(18-10(13-8)5-15-2)12(14)16-4-3-9-6-17-7-9/h9H,3-7H2,1-2H3. The summed E-state index contributed by atoms with van der Waals surface area (Å²) in [6.07, 6.45) is 0.974. The van der Waals surface area contributed by atoms with Gasteiger partial charge in [-0.05, 0) is 30.8 Å². The Morgan fingerprint density at radius 1 is 1.50 bits per heavy atom. The number of rotatable bonds is 6. The molecule has 1 aromatic rings. The first-order valence-electron chi connectivity index (χ1n) is 5.90. The molecule has 0 bridgehead atoms. The minimum absolute atomic E-state index is 0.251. The largest absolute Gasteiger partial charge is 0.461 e. The van der Waals surface area contributed by atoms with Gasteiger partial charge >= 0.3 is 5.97 Å². The van der Waals surface area contributed by atoms with E-state index in [-0.39, 0.29) is 5.97 Å². The van der Waals surface area contributed by atoms with Crippen LogP contribution in [0.5, 0.6) is 0 Å². The smallest absolute Gasteiger partial charge is 0.350 e. The molecule has 0 aliphatic carbocycles. The van der Waals surface area contributed by atoms with Gasteiger partial charge in [-0.1, -0.05) is 0 Å². The van der Waals surface area contributed by atoms with Crippen molar-refractivity contribution in [3.05, 3.63) is 15.6 Å². The molecular weight excluding hydrogens is 270 g/mol. The summed E-state index contributed by atoms with van der Waals surface area (Å²) < 4.78 is 10.3. The number of methoxy groups -OCH3 is 1. The Balaban J connectivity index is 1.83. The third kappa shape index (κ3) is 3.46. The maximum Gasteiger partial charge on any atom is 0.350 e. The summed E-state index contributed by atoms with van der Waals surface area (Å²) in [4.78, 5) is 16.8. The lowest BCUT2D eigenvalue weighted by molar-refractivity contribution is 0.0492. The summed E-state index contributed by atoms with van der Waals surface area (Å²) in [5.74, 6) is 2.89. The number of ether oxygens (including phenoxy) is 2. The molecule has 0 amide bonds. The van der Waals surface area contributed by atoms with Crippen LogP contribution >= 0.6 is 23.1 Å². The van der Waals surface area contributed by atoms with Crippen molar-refractivity contribution in [2.24, 2.45) is 5.92 Å². The highest BCUT2D eigenvalue weighted by atomic mass is 32.2. The van der Waals surface area contributed by atoms with Gasteiger partial charge in [0.15, 0.2) is 0 Å². The van der Waals surface area contributed by atoms with Crippen molar-refractivity contribution >= 4 is 29.1 Å². The van der Waals surface area contributed by atoms with Gasteiger partial charge in [-0.25, -0.2) is 9.78 Å². The van der Waals surface area contributed by atoms with E-state index in [2.05, 4.69) is 4.98 Å². The molecule has 1 aliphatic heterocycles. The number of carbonyl (C=O) groups is 1. The van der Waals surface area contributed by atoms with Gasteiger partial charge in [-0.2, -0.15) is 11.8 Å². The first-order chi connectivity index (χ1) is 8.70. The maximum atomic E-state index is 11.9. The number of thioether (sulfide) groups is 1. The lowest BCUT2D eigenvalue weighted by Crippen LogP contribution is -2.20. The molecule has 0 aromatic carbocycles. The van der Waals surface area contributed by atoms with Crippen LogP contribution in [-0.2, 0) is 16.1 Å². The first kappa shape index (κ1) is 13.8. The Morgan fingerprint density at radius 3 is 2.89 bits per heavy atom. The lowest BCUT2D eigenvalue weighted by atomic mass is 10.1. The number of aryl methyl sites for hydroxylation is 1. The van der Waals surface area contributed by atoms with Gasteiger partial charge in [-0.15, -0.1) is 11.3 Å². The molecule has 0 N–H and O–H groups in total. The third-order valence-corrected chi connectivity index (χ3v) is 5.29. The minimum atomic E-state index is -0.251. The minimum Gasteiger partial charge on any atom is -0.461 e. The summed E-state index contributed by atoms with van der Waals surface area (Å²) in [5.41, 5.74) is 0.733. The van der Waals surface area contributed by atoms with Gasteiger partial charge < -0.3 is 9.47 Å². The SMILES string of the molecule is COCc1nc(C)c(C(=O)OCCC2CSC2)s1. The van der Waals surface area contributed by atoms with Crippen molar-refractivity contribution in [1.82, 2.24) is 4.98 Å². The first-order valence-corrected chi connectivity index (χ1v) is 7.88. The highest BCUT2D eigenvalue weighted by Crippen LogP contribution is 2.27. The van der Waals surface area contributed by atoms with Crippen LogP contribution in [0.2, 0.25) is 0 Å². The van der Waals surface area contributed by atoms with E-state index >= 15 is 0 Å². The van der Waals surface area contributed by atoms with E-state index in [1.807, 2.05) is 18.7 Å². The number of thiazole rings is 1. The number of carbonyl (C=O) groups excluding carboxylic acids is 1. The molecule has 100 valence electrons. The Hall–Kier alpha value is -0.590. The Kier molecular flexibility index (Phi) is 5.03. The van der Waals surface area contributed by atoms with E-state index in [0.717, 1.165) is 23.0 Å². The Morgan fingerprint density at radius 2 is 2.28 bits per heavy atom. The quantitative estimate of drug-likeness (QED) is 0.752. The van der Waals surface area contributed by atoms with E-state index < -0.39 is 0 Å². The highest BCUT2D eigenvalue weighted by molar-refractivity contribution is 8.00. The molecule has 1 saturated heterocycles. The van der Waals surface area contributed by atoms with Gasteiger partial charge in [0.1, 0.15) is 9.88 Å². The van der Waals surface area contributed by atoms with Crippen LogP contribution in [-0.4, -0.2) is 36.2 Å². The van der Waals surface area contributed by atoms with Gasteiger partial charge in [-0.3, -0.25) is 0 Å². The highest BCUT2D eigenvalue weighted by Gasteiger charge is 2.20. The number of esters is 1. The van der Waals surface area contributed by atoms with E-state index in [9.17, 15) is 4.79 Å². The summed E-state index contributed by atoms with van der Waals surface area (Å²) in [6.45, 7) is 2.79. The second-order valence-corrected chi connectivity index (χ2v) is 6.44. The van der Waals surface area contributed by atoms with Gasteiger partial charge in [0.25, 0.3) is 0 Å². The zero-order chi connectivity index (χ0) is 13.0. The molecule has 1 aromatic heterocycles. The van der Waals surface area contributed by atoms with Crippen LogP contribution in [0.4, 0.5) is 0 Å². The van der Waals surface area contributed by atoms with Crippen molar-refractivity contribution < 1.29 is 14.3 Å². The van der Waals surface area contributed by atoms with Crippen molar-refractivity contribution in [2.45, 2.75) is 20.0 Å².